The molecule has 0 fully saturated rings. The molecule has 84 valence electrons. The molecule has 0 unspecified atom stereocenters. The van der Waals surface area contributed by atoms with E-state index >= 15 is 0 Å². The first kappa shape index (κ1) is 10.8. The van der Waals surface area contributed by atoms with Gasteiger partial charge in [-0.1, -0.05) is 12.1 Å². The van der Waals surface area contributed by atoms with Gasteiger partial charge in [-0.15, -0.1) is 0 Å². The van der Waals surface area contributed by atoms with Gasteiger partial charge in [-0.25, -0.2) is 17.7 Å². The highest BCUT2D eigenvalue weighted by atomic mass is 32.2. The van der Waals surface area contributed by atoms with Crippen molar-refractivity contribution in [3.8, 4) is 0 Å². The summed E-state index contributed by atoms with van der Waals surface area (Å²) >= 11 is 0. The second-order valence-corrected chi connectivity index (χ2v) is 5.32. The molecule has 1 aromatic rings. The Balaban J connectivity index is 2.50. The smallest absolute Gasteiger partial charge is 0.267 e. The molecular weight excluding hydrogens is 228 g/mol. The van der Waals surface area contributed by atoms with Crippen LogP contribution in [-0.2, 0) is 14.8 Å². The van der Waals surface area contributed by atoms with Crippen LogP contribution in [0.4, 0.5) is 5.69 Å². The predicted molar refractivity (Wildman–Crippen MR) is 59.2 cm³/mol. The molecule has 1 aliphatic heterocycles. The highest BCUT2D eigenvalue weighted by Gasteiger charge is 2.28. The minimum Gasteiger partial charge on any atom is -0.298 e. The van der Waals surface area contributed by atoms with Crippen LogP contribution in [-0.4, -0.2) is 31.4 Å². The number of fused-ring (bicyclic) bond motifs is 1. The predicted octanol–water partition coefficient (Wildman–Crippen LogP) is 0.940. The van der Waals surface area contributed by atoms with Crippen molar-refractivity contribution in [2.75, 3.05) is 6.54 Å². The van der Waals surface area contributed by atoms with Gasteiger partial charge in [0.05, 0.1) is 12.2 Å². The first-order chi connectivity index (χ1) is 7.51. The highest BCUT2D eigenvalue weighted by molar-refractivity contribution is 7.89. The van der Waals surface area contributed by atoms with E-state index in [2.05, 4.69) is 4.99 Å². The maximum Gasteiger partial charge on any atom is 0.267 e. The highest BCUT2D eigenvalue weighted by Crippen LogP contribution is 2.29. The lowest BCUT2D eigenvalue weighted by molar-refractivity contribution is -0.116. The molecule has 1 aliphatic rings. The van der Waals surface area contributed by atoms with Crippen LogP contribution in [0.5, 0.6) is 0 Å². The van der Waals surface area contributed by atoms with Gasteiger partial charge in [0.1, 0.15) is 17.0 Å². The van der Waals surface area contributed by atoms with E-state index in [1.165, 1.54) is 19.3 Å². The molecule has 1 aromatic carbocycles. The van der Waals surface area contributed by atoms with Gasteiger partial charge in [0.2, 0.25) is 0 Å². The summed E-state index contributed by atoms with van der Waals surface area (Å²) in [5.41, 5.74) is 0.405. The van der Waals surface area contributed by atoms with Crippen LogP contribution in [0.25, 0.3) is 0 Å². The van der Waals surface area contributed by atoms with Gasteiger partial charge in [0.15, 0.2) is 0 Å². The molecule has 0 aliphatic carbocycles. The van der Waals surface area contributed by atoms with Crippen molar-refractivity contribution in [2.45, 2.75) is 11.8 Å². The Hall–Kier alpha value is -1.69. The second-order valence-electron chi connectivity index (χ2n) is 3.46. The van der Waals surface area contributed by atoms with Crippen LogP contribution in [0.2, 0.25) is 0 Å². The summed E-state index contributed by atoms with van der Waals surface area (Å²) in [4.78, 5) is 15.1. The molecule has 1 heterocycles. The van der Waals surface area contributed by atoms with Crippen molar-refractivity contribution in [1.82, 2.24) is 4.31 Å². The normalized spacial score (nSPS) is 16.9. The Bertz CT molecular complexity index is 563. The van der Waals surface area contributed by atoms with E-state index in [4.69, 9.17) is 0 Å². The fourth-order valence-corrected chi connectivity index (χ4v) is 2.85. The Morgan fingerprint density at radius 3 is 2.75 bits per heavy atom. The third-order valence-electron chi connectivity index (χ3n) is 2.16. The molecule has 2 rings (SSSR count). The van der Waals surface area contributed by atoms with E-state index in [-0.39, 0.29) is 17.2 Å². The number of carbonyl (C=O) groups is 1. The molecule has 0 atom stereocenters. The maximum atomic E-state index is 12.0. The third-order valence-corrected chi connectivity index (χ3v) is 3.90. The molecule has 0 radical (unpaired) electrons. The minimum absolute atomic E-state index is 0.138. The monoisotopic (exact) mass is 238 g/mol. The van der Waals surface area contributed by atoms with E-state index in [9.17, 15) is 13.2 Å². The summed E-state index contributed by atoms with van der Waals surface area (Å²) in [6.07, 6.45) is 1.18. The first-order valence-corrected chi connectivity index (χ1v) is 6.10. The van der Waals surface area contributed by atoms with Crippen LogP contribution in [0, 0.1) is 0 Å². The van der Waals surface area contributed by atoms with Gasteiger partial charge in [0.25, 0.3) is 10.0 Å². The average molecular weight is 238 g/mol. The van der Waals surface area contributed by atoms with Crippen molar-refractivity contribution in [1.29, 1.82) is 0 Å². The summed E-state index contributed by atoms with van der Waals surface area (Å²) in [7, 11) is -3.61. The van der Waals surface area contributed by atoms with E-state index in [1.807, 2.05) is 0 Å². The Kier molecular flexibility index (Phi) is 2.51. The van der Waals surface area contributed by atoms with Crippen molar-refractivity contribution < 1.29 is 13.2 Å². The van der Waals surface area contributed by atoms with Crippen LogP contribution < -0.4 is 0 Å². The van der Waals surface area contributed by atoms with Crippen LogP contribution in [0.1, 0.15) is 6.92 Å². The number of hydrogen-bond donors (Lipinski definition) is 0. The second kappa shape index (κ2) is 3.71. The van der Waals surface area contributed by atoms with Crippen LogP contribution in [0.3, 0.4) is 0 Å². The molecular formula is C10H10N2O3S. The fourth-order valence-electron chi connectivity index (χ4n) is 1.44. The number of benzene rings is 1. The van der Waals surface area contributed by atoms with Gasteiger partial charge in [0, 0.05) is 0 Å². The Morgan fingerprint density at radius 2 is 2.06 bits per heavy atom. The van der Waals surface area contributed by atoms with Crippen molar-refractivity contribution in [2.24, 2.45) is 4.99 Å². The zero-order valence-electron chi connectivity index (χ0n) is 8.62. The number of Topliss-reactive ketones (excluding diaryl/α,β-unsaturated/α-hetero) is 1. The summed E-state index contributed by atoms with van der Waals surface area (Å²) in [5, 5.41) is 0. The summed E-state index contributed by atoms with van der Waals surface area (Å²) in [6.45, 7) is 1.16. The number of aliphatic imine (C=N–C) groups is 1. The van der Waals surface area contributed by atoms with Crippen LogP contribution >= 0.6 is 0 Å². The van der Waals surface area contributed by atoms with Crippen LogP contribution in [0.15, 0.2) is 34.2 Å². The van der Waals surface area contributed by atoms with E-state index < -0.39 is 10.0 Å². The number of hydrogen-bond acceptors (Lipinski definition) is 4. The SMILES string of the molecule is CC(=O)CN1C=Nc2ccccc2S1(=O)=O. The van der Waals surface area contributed by atoms with Crippen molar-refractivity contribution in [3.05, 3.63) is 24.3 Å². The zero-order chi connectivity index (χ0) is 11.8. The average Bonchev–Trinajstić information content (AvgIpc) is 2.22. The largest absolute Gasteiger partial charge is 0.298 e. The molecule has 5 nitrogen and oxygen atoms in total. The van der Waals surface area contributed by atoms with Crippen molar-refractivity contribution >= 4 is 27.8 Å². The molecule has 0 amide bonds. The quantitative estimate of drug-likeness (QED) is 0.770. The fraction of sp³-hybridized carbons (Fsp3) is 0.200. The Labute approximate surface area is 93.5 Å². The van der Waals surface area contributed by atoms with E-state index in [0.717, 1.165) is 4.31 Å². The number of carbonyl (C=O) groups excluding carboxylic acids is 1. The topological polar surface area (TPSA) is 66.8 Å². The van der Waals surface area contributed by atoms with E-state index in [0.29, 0.717) is 5.69 Å². The number of rotatable bonds is 2. The number of nitrogens with zero attached hydrogens (tertiary/aromatic N) is 2. The maximum absolute atomic E-state index is 12.0. The molecule has 0 saturated heterocycles. The zero-order valence-corrected chi connectivity index (χ0v) is 9.44. The van der Waals surface area contributed by atoms with Gasteiger partial charge in [-0.05, 0) is 19.1 Å². The molecule has 0 bridgehead atoms. The summed E-state index contributed by atoms with van der Waals surface area (Å²) in [6, 6.07) is 6.44. The third kappa shape index (κ3) is 1.71. The van der Waals surface area contributed by atoms with E-state index in [1.54, 1.807) is 18.2 Å². The van der Waals surface area contributed by atoms with Gasteiger partial charge in [-0.2, -0.15) is 0 Å². The Morgan fingerprint density at radius 1 is 1.38 bits per heavy atom. The summed E-state index contributed by atoms with van der Waals surface area (Å²) < 4.78 is 25.0. The minimum atomic E-state index is -3.61. The number of para-hydroxylation sites is 1. The lowest BCUT2D eigenvalue weighted by atomic mass is 10.3. The van der Waals surface area contributed by atoms with Gasteiger partial charge in [-0.3, -0.25) is 4.79 Å². The van der Waals surface area contributed by atoms with Crippen molar-refractivity contribution in [3.63, 3.8) is 0 Å². The van der Waals surface area contributed by atoms with Gasteiger partial charge < -0.3 is 0 Å². The molecule has 6 heteroatoms. The number of sulfonamides is 1. The standard InChI is InChI=1S/C10H10N2O3S/c1-8(13)6-12-7-11-9-4-2-3-5-10(9)16(12,14)15/h2-5,7H,6H2,1H3. The lowest BCUT2D eigenvalue weighted by Gasteiger charge is -2.22. The molecule has 0 N–H and O–H groups in total. The lowest BCUT2D eigenvalue weighted by Crippen LogP contribution is -2.35. The molecule has 16 heavy (non-hydrogen) atoms. The molecule has 0 spiro atoms. The summed E-state index contributed by atoms with van der Waals surface area (Å²) in [5.74, 6) is -0.227. The van der Waals surface area contributed by atoms with Gasteiger partial charge >= 0.3 is 0 Å². The molecule has 0 saturated carbocycles. The number of ketones is 1. The molecule has 0 aromatic heterocycles. The first-order valence-electron chi connectivity index (χ1n) is 4.66.